The zero-order valence-electron chi connectivity index (χ0n) is 18.0. The van der Waals surface area contributed by atoms with Gasteiger partial charge in [0.05, 0.1) is 0 Å². The van der Waals surface area contributed by atoms with Crippen LogP contribution in [0.3, 0.4) is 0 Å². The Labute approximate surface area is 183 Å². The molecule has 0 heterocycles. The Morgan fingerprint density at radius 3 is 2.19 bits per heavy atom. The van der Waals surface area contributed by atoms with Crippen molar-refractivity contribution in [3.63, 3.8) is 0 Å². The highest BCUT2D eigenvalue weighted by molar-refractivity contribution is 5.91. The van der Waals surface area contributed by atoms with Gasteiger partial charge in [0.1, 0.15) is 11.6 Å². The molecule has 0 aliphatic carbocycles. The summed E-state index contributed by atoms with van der Waals surface area (Å²) < 4.78 is 28.7. The number of fused-ring (bicyclic) bond motifs is 1. The molecule has 31 heavy (non-hydrogen) atoms. The van der Waals surface area contributed by atoms with Gasteiger partial charge in [-0.1, -0.05) is 93.3 Å². The van der Waals surface area contributed by atoms with Crippen LogP contribution in [0.1, 0.15) is 44.6 Å². The lowest BCUT2D eigenvalue weighted by molar-refractivity contribution is 0.627. The van der Waals surface area contributed by atoms with Crippen molar-refractivity contribution in [3.8, 4) is 22.3 Å². The van der Waals surface area contributed by atoms with E-state index < -0.39 is 0 Å². The van der Waals surface area contributed by atoms with Crippen molar-refractivity contribution in [2.45, 2.75) is 45.4 Å². The van der Waals surface area contributed by atoms with E-state index in [0.29, 0.717) is 16.5 Å². The molecule has 0 aliphatic heterocycles. The second kappa shape index (κ2) is 9.87. The van der Waals surface area contributed by atoms with Crippen LogP contribution in [0.2, 0.25) is 0 Å². The summed E-state index contributed by atoms with van der Waals surface area (Å²) in [6, 6.07) is 24.2. The highest BCUT2D eigenvalue weighted by Crippen LogP contribution is 2.32. The van der Waals surface area contributed by atoms with E-state index in [2.05, 4.69) is 31.2 Å². The molecule has 158 valence electrons. The molecule has 0 radical (unpaired) electrons. The first-order valence-electron chi connectivity index (χ1n) is 11.2. The Kier molecular flexibility index (Phi) is 6.76. The minimum Gasteiger partial charge on any atom is -0.207 e. The molecule has 0 spiro atoms. The summed E-state index contributed by atoms with van der Waals surface area (Å²) in [7, 11) is 0. The average molecular weight is 415 g/mol. The third kappa shape index (κ3) is 5.02. The smallest absolute Gasteiger partial charge is 0.138 e. The Morgan fingerprint density at radius 2 is 1.42 bits per heavy atom. The van der Waals surface area contributed by atoms with Crippen LogP contribution in [-0.2, 0) is 6.42 Å². The second-order valence-electron chi connectivity index (χ2n) is 8.23. The number of hydrogen-bond donors (Lipinski definition) is 0. The molecule has 0 aliphatic rings. The van der Waals surface area contributed by atoms with Crippen LogP contribution < -0.4 is 0 Å². The van der Waals surface area contributed by atoms with Gasteiger partial charge >= 0.3 is 0 Å². The van der Waals surface area contributed by atoms with Gasteiger partial charge in [0.25, 0.3) is 0 Å². The van der Waals surface area contributed by atoms with Crippen LogP contribution in [0.5, 0.6) is 0 Å². The topological polar surface area (TPSA) is 0 Å². The summed E-state index contributed by atoms with van der Waals surface area (Å²) in [5.74, 6) is -0.676. The van der Waals surface area contributed by atoms with Gasteiger partial charge in [0.2, 0.25) is 0 Å². The predicted octanol–water partition coefficient (Wildman–Crippen LogP) is 8.96. The quantitative estimate of drug-likeness (QED) is 0.252. The van der Waals surface area contributed by atoms with Gasteiger partial charge in [-0.05, 0) is 58.7 Å². The molecule has 0 unspecified atom stereocenters. The van der Waals surface area contributed by atoms with E-state index in [1.165, 1.54) is 49.8 Å². The van der Waals surface area contributed by atoms with Gasteiger partial charge in [-0.15, -0.1) is 0 Å². The lowest BCUT2D eigenvalue weighted by Crippen LogP contribution is -1.89. The largest absolute Gasteiger partial charge is 0.207 e. The monoisotopic (exact) mass is 414 g/mol. The second-order valence-corrected chi connectivity index (χ2v) is 8.23. The summed E-state index contributed by atoms with van der Waals surface area (Å²) in [6.45, 7) is 2.24. The van der Waals surface area contributed by atoms with Crippen LogP contribution in [-0.4, -0.2) is 0 Å². The van der Waals surface area contributed by atoms with E-state index in [0.717, 1.165) is 22.9 Å². The van der Waals surface area contributed by atoms with Crippen molar-refractivity contribution in [1.29, 1.82) is 0 Å². The van der Waals surface area contributed by atoms with E-state index in [1.807, 2.05) is 24.3 Å². The lowest BCUT2D eigenvalue weighted by Gasteiger charge is -2.10. The predicted molar refractivity (Wildman–Crippen MR) is 127 cm³/mol. The minimum absolute atomic E-state index is 0.312. The van der Waals surface area contributed by atoms with Crippen LogP contribution in [0.15, 0.2) is 78.9 Å². The molecule has 4 aromatic carbocycles. The molecule has 0 amide bonds. The summed E-state index contributed by atoms with van der Waals surface area (Å²) in [4.78, 5) is 0. The van der Waals surface area contributed by atoms with Gasteiger partial charge in [0.15, 0.2) is 0 Å². The van der Waals surface area contributed by atoms with E-state index in [-0.39, 0.29) is 11.6 Å². The van der Waals surface area contributed by atoms with Crippen molar-refractivity contribution in [1.82, 2.24) is 0 Å². The van der Waals surface area contributed by atoms with Crippen molar-refractivity contribution in [2.75, 3.05) is 0 Å². The van der Waals surface area contributed by atoms with Gasteiger partial charge < -0.3 is 0 Å². The van der Waals surface area contributed by atoms with Crippen molar-refractivity contribution in [3.05, 3.63) is 96.1 Å². The molecular weight excluding hydrogens is 386 g/mol. The lowest BCUT2D eigenvalue weighted by atomic mass is 9.96. The number of unbranched alkanes of at least 4 members (excludes halogenated alkanes) is 4. The van der Waals surface area contributed by atoms with Crippen LogP contribution in [0.25, 0.3) is 33.0 Å². The summed E-state index contributed by atoms with van der Waals surface area (Å²) in [6.07, 6.45) is 7.58. The third-order valence-corrected chi connectivity index (χ3v) is 5.95. The molecule has 4 rings (SSSR count). The first-order chi connectivity index (χ1) is 15.2. The first kappa shape index (κ1) is 21.2. The molecule has 4 aromatic rings. The van der Waals surface area contributed by atoms with E-state index in [1.54, 1.807) is 18.2 Å². The Morgan fingerprint density at radius 1 is 0.645 bits per heavy atom. The van der Waals surface area contributed by atoms with Gasteiger partial charge in [0, 0.05) is 10.9 Å². The Balaban J connectivity index is 1.53. The number of benzene rings is 4. The zero-order chi connectivity index (χ0) is 21.6. The summed E-state index contributed by atoms with van der Waals surface area (Å²) in [5, 5.41) is 1.39. The first-order valence-corrected chi connectivity index (χ1v) is 11.2. The Bertz CT molecular complexity index is 1160. The number of aryl methyl sites for hydroxylation is 1. The molecule has 2 heteroatoms. The fourth-order valence-electron chi connectivity index (χ4n) is 4.15. The highest BCUT2D eigenvalue weighted by atomic mass is 19.1. The highest BCUT2D eigenvalue weighted by Gasteiger charge is 2.11. The normalized spacial score (nSPS) is 11.2. The average Bonchev–Trinajstić information content (AvgIpc) is 2.79. The van der Waals surface area contributed by atoms with Gasteiger partial charge in [-0.3, -0.25) is 0 Å². The molecule has 0 saturated carbocycles. The molecule has 0 nitrogen and oxygen atoms in total. The number of rotatable bonds is 8. The summed E-state index contributed by atoms with van der Waals surface area (Å²) in [5.41, 5.74) is 4.54. The third-order valence-electron chi connectivity index (χ3n) is 5.95. The fraction of sp³-hybridized carbons (Fsp3) is 0.241. The van der Waals surface area contributed by atoms with E-state index in [9.17, 15) is 4.39 Å². The maximum Gasteiger partial charge on any atom is 0.138 e. The standard InChI is InChI=1S/C29H28F2/c1-2-3-4-5-6-8-21-11-13-22(14-12-21)23-15-17-28-25(19-23)16-18-27(29(28)31)24-9-7-10-26(30)20-24/h7,9-20H,2-6,8H2,1H3. The van der Waals surface area contributed by atoms with E-state index in [4.69, 9.17) is 0 Å². The van der Waals surface area contributed by atoms with Crippen LogP contribution >= 0.6 is 0 Å². The SMILES string of the molecule is CCCCCCCc1ccc(-c2ccc3c(F)c(-c4cccc(F)c4)ccc3c2)cc1. The Hall–Kier alpha value is -3.00. The summed E-state index contributed by atoms with van der Waals surface area (Å²) >= 11 is 0. The fourth-order valence-corrected chi connectivity index (χ4v) is 4.15. The molecule has 0 saturated heterocycles. The van der Waals surface area contributed by atoms with E-state index >= 15 is 4.39 Å². The molecular formula is C29H28F2. The minimum atomic E-state index is -0.364. The van der Waals surface area contributed by atoms with Crippen molar-refractivity contribution < 1.29 is 8.78 Å². The van der Waals surface area contributed by atoms with Crippen LogP contribution in [0.4, 0.5) is 8.78 Å². The molecule has 0 N–H and O–H groups in total. The van der Waals surface area contributed by atoms with Crippen molar-refractivity contribution in [2.24, 2.45) is 0 Å². The molecule has 0 aromatic heterocycles. The zero-order valence-corrected chi connectivity index (χ0v) is 18.0. The molecule has 0 bridgehead atoms. The number of hydrogen-bond acceptors (Lipinski definition) is 0. The van der Waals surface area contributed by atoms with Gasteiger partial charge in [-0.2, -0.15) is 0 Å². The number of halogens is 2. The maximum atomic E-state index is 15.1. The van der Waals surface area contributed by atoms with Crippen molar-refractivity contribution >= 4 is 10.8 Å². The van der Waals surface area contributed by atoms with Gasteiger partial charge in [-0.25, -0.2) is 8.78 Å². The van der Waals surface area contributed by atoms with Crippen LogP contribution in [0, 0.1) is 11.6 Å². The molecule has 0 fully saturated rings. The maximum absolute atomic E-state index is 15.1. The molecule has 0 atom stereocenters.